The molecule has 2 N–H and O–H groups in total. The molecule has 1 aromatic rings. The molecule has 1 aliphatic rings. The first kappa shape index (κ1) is 8.72. The van der Waals surface area contributed by atoms with Gasteiger partial charge in [0.25, 0.3) is 0 Å². The molecule has 0 radical (unpaired) electrons. The van der Waals surface area contributed by atoms with Crippen molar-refractivity contribution in [2.24, 2.45) is 5.73 Å². The molecule has 1 aliphatic heterocycles. The van der Waals surface area contributed by atoms with E-state index in [0.29, 0.717) is 0 Å². The van der Waals surface area contributed by atoms with Crippen LogP contribution < -0.4 is 5.73 Å². The highest BCUT2D eigenvalue weighted by Gasteiger charge is 2.28. The number of ether oxygens (including phenoxy) is 1. The van der Waals surface area contributed by atoms with Gasteiger partial charge in [0, 0.05) is 25.4 Å². The monoisotopic (exact) mass is 181 g/mol. The van der Waals surface area contributed by atoms with E-state index in [1.807, 2.05) is 10.7 Å². The lowest BCUT2D eigenvalue weighted by atomic mass is 10.1. The SMILES string of the molecule is CCn1nccc1C1OCCC1N. The Labute approximate surface area is 77.7 Å². The molecule has 2 unspecified atom stereocenters. The van der Waals surface area contributed by atoms with Crippen LogP contribution >= 0.6 is 0 Å². The van der Waals surface area contributed by atoms with Crippen molar-refractivity contribution in [3.05, 3.63) is 18.0 Å². The number of rotatable bonds is 2. The van der Waals surface area contributed by atoms with Gasteiger partial charge in [-0.15, -0.1) is 0 Å². The van der Waals surface area contributed by atoms with E-state index < -0.39 is 0 Å². The van der Waals surface area contributed by atoms with Gasteiger partial charge < -0.3 is 10.5 Å². The van der Waals surface area contributed by atoms with E-state index in [2.05, 4.69) is 12.0 Å². The van der Waals surface area contributed by atoms with Gasteiger partial charge in [-0.3, -0.25) is 4.68 Å². The Morgan fingerprint density at radius 3 is 3.23 bits per heavy atom. The molecule has 2 rings (SSSR count). The summed E-state index contributed by atoms with van der Waals surface area (Å²) in [4.78, 5) is 0. The third-order valence-electron chi connectivity index (χ3n) is 2.48. The van der Waals surface area contributed by atoms with Crippen molar-refractivity contribution in [1.82, 2.24) is 9.78 Å². The number of hydrogen-bond donors (Lipinski definition) is 1. The minimum atomic E-state index is 0.0439. The van der Waals surface area contributed by atoms with Gasteiger partial charge in [0.1, 0.15) is 6.10 Å². The molecule has 0 aromatic carbocycles. The smallest absolute Gasteiger partial charge is 0.114 e. The standard InChI is InChI=1S/C9H15N3O/c1-2-12-8(3-5-11-12)9-7(10)4-6-13-9/h3,5,7,9H,2,4,6,10H2,1H3. The van der Waals surface area contributed by atoms with Gasteiger partial charge in [0.15, 0.2) is 0 Å². The molecular formula is C9H15N3O. The highest BCUT2D eigenvalue weighted by Crippen LogP contribution is 2.27. The molecule has 1 saturated heterocycles. The molecule has 1 aromatic heterocycles. The summed E-state index contributed by atoms with van der Waals surface area (Å²) in [6.45, 7) is 3.70. The lowest BCUT2D eigenvalue weighted by molar-refractivity contribution is 0.0975. The third kappa shape index (κ3) is 1.47. The first-order valence-electron chi connectivity index (χ1n) is 4.72. The molecule has 0 aliphatic carbocycles. The maximum absolute atomic E-state index is 5.93. The fourth-order valence-electron chi connectivity index (χ4n) is 1.76. The van der Waals surface area contributed by atoms with Gasteiger partial charge in [0.2, 0.25) is 0 Å². The largest absolute Gasteiger partial charge is 0.370 e. The van der Waals surface area contributed by atoms with E-state index in [1.165, 1.54) is 0 Å². The summed E-state index contributed by atoms with van der Waals surface area (Å²) in [5.74, 6) is 0. The Morgan fingerprint density at radius 1 is 1.77 bits per heavy atom. The number of nitrogens with two attached hydrogens (primary N) is 1. The van der Waals surface area contributed by atoms with Crippen molar-refractivity contribution in [3.8, 4) is 0 Å². The Kier molecular flexibility index (Phi) is 2.33. The summed E-state index contributed by atoms with van der Waals surface area (Å²) in [6, 6.07) is 2.11. The topological polar surface area (TPSA) is 53.1 Å². The van der Waals surface area contributed by atoms with E-state index in [-0.39, 0.29) is 12.1 Å². The predicted molar refractivity (Wildman–Crippen MR) is 49.2 cm³/mol. The molecule has 2 atom stereocenters. The summed E-state index contributed by atoms with van der Waals surface area (Å²) in [5.41, 5.74) is 7.03. The Balaban J connectivity index is 2.23. The van der Waals surface area contributed by atoms with Gasteiger partial charge in [-0.25, -0.2) is 0 Å². The maximum atomic E-state index is 5.93. The predicted octanol–water partition coefficient (Wildman–Crippen LogP) is 0.692. The quantitative estimate of drug-likeness (QED) is 0.730. The van der Waals surface area contributed by atoms with E-state index in [0.717, 1.165) is 25.3 Å². The van der Waals surface area contributed by atoms with Crippen molar-refractivity contribution < 1.29 is 4.74 Å². The fourth-order valence-corrected chi connectivity index (χ4v) is 1.76. The maximum Gasteiger partial charge on any atom is 0.114 e. The lowest BCUT2D eigenvalue weighted by Crippen LogP contribution is -2.25. The third-order valence-corrected chi connectivity index (χ3v) is 2.48. The van der Waals surface area contributed by atoms with Crippen LogP contribution in [0.5, 0.6) is 0 Å². The summed E-state index contributed by atoms with van der Waals surface area (Å²) in [5, 5.41) is 4.19. The Hall–Kier alpha value is -0.870. The zero-order valence-electron chi connectivity index (χ0n) is 7.81. The molecule has 72 valence electrons. The fraction of sp³-hybridized carbons (Fsp3) is 0.667. The molecule has 1 fully saturated rings. The van der Waals surface area contributed by atoms with Crippen molar-refractivity contribution >= 4 is 0 Å². The second kappa shape index (κ2) is 3.47. The Bertz CT molecular complexity index is 284. The van der Waals surface area contributed by atoms with Crippen LogP contribution in [-0.2, 0) is 11.3 Å². The van der Waals surface area contributed by atoms with Crippen LogP contribution in [-0.4, -0.2) is 22.4 Å². The molecule has 0 amide bonds. The second-order valence-corrected chi connectivity index (χ2v) is 3.32. The van der Waals surface area contributed by atoms with Gasteiger partial charge in [-0.1, -0.05) is 0 Å². The molecule has 0 spiro atoms. The van der Waals surface area contributed by atoms with Crippen LogP contribution in [0.15, 0.2) is 12.3 Å². The molecule has 0 saturated carbocycles. The lowest BCUT2D eigenvalue weighted by Gasteiger charge is -2.15. The van der Waals surface area contributed by atoms with Crippen LogP contribution in [0.2, 0.25) is 0 Å². The summed E-state index contributed by atoms with van der Waals surface area (Å²) < 4.78 is 7.51. The number of aromatic nitrogens is 2. The van der Waals surface area contributed by atoms with E-state index in [9.17, 15) is 0 Å². The van der Waals surface area contributed by atoms with Crippen LogP contribution in [0.4, 0.5) is 0 Å². The van der Waals surface area contributed by atoms with Crippen molar-refractivity contribution in [2.45, 2.75) is 32.0 Å². The van der Waals surface area contributed by atoms with E-state index in [4.69, 9.17) is 10.5 Å². The minimum Gasteiger partial charge on any atom is -0.370 e. The molecular weight excluding hydrogens is 166 g/mol. The van der Waals surface area contributed by atoms with Gasteiger partial charge in [-0.05, 0) is 19.4 Å². The van der Waals surface area contributed by atoms with Crippen LogP contribution in [0.1, 0.15) is 25.1 Å². The van der Waals surface area contributed by atoms with E-state index >= 15 is 0 Å². The number of hydrogen-bond acceptors (Lipinski definition) is 3. The van der Waals surface area contributed by atoms with Crippen LogP contribution in [0.3, 0.4) is 0 Å². The number of nitrogens with zero attached hydrogens (tertiary/aromatic N) is 2. The van der Waals surface area contributed by atoms with Crippen LogP contribution in [0, 0.1) is 0 Å². The average molecular weight is 181 g/mol. The zero-order valence-corrected chi connectivity index (χ0v) is 7.81. The average Bonchev–Trinajstić information content (AvgIpc) is 2.71. The van der Waals surface area contributed by atoms with Crippen molar-refractivity contribution in [2.75, 3.05) is 6.61 Å². The van der Waals surface area contributed by atoms with Crippen molar-refractivity contribution in [1.29, 1.82) is 0 Å². The molecule has 0 bridgehead atoms. The first-order chi connectivity index (χ1) is 6.33. The summed E-state index contributed by atoms with van der Waals surface area (Å²) >= 11 is 0. The summed E-state index contributed by atoms with van der Waals surface area (Å²) in [7, 11) is 0. The van der Waals surface area contributed by atoms with Gasteiger partial charge in [-0.2, -0.15) is 5.10 Å². The molecule has 4 heteroatoms. The van der Waals surface area contributed by atoms with Crippen LogP contribution in [0.25, 0.3) is 0 Å². The first-order valence-corrected chi connectivity index (χ1v) is 4.72. The van der Waals surface area contributed by atoms with E-state index in [1.54, 1.807) is 6.20 Å². The van der Waals surface area contributed by atoms with Gasteiger partial charge >= 0.3 is 0 Å². The Morgan fingerprint density at radius 2 is 2.62 bits per heavy atom. The van der Waals surface area contributed by atoms with Crippen molar-refractivity contribution in [3.63, 3.8) is 0 Å². The minimum absolute atomic E-state index is 0.0439. The van der Waals surface area contributed by atoms with Gasteiger partial charge in [0.05, 0.1) is 5.69 Å². The molecule has 4 nitrogen and oxygen atoms in total. The highest BCUT2D eigenvalue weighted by molar-refractivity contribution is 5.09. The molecule has 13 heavy (non-hydrogen) atoms. The summed E-state index contributed by atoms with van der Waals surface area (Å²) in [6.07, 6.45) is 2.79. The highest BCUT2D eigenvalue weighted by atomic mass is 16.5. The number of aryl methyl sites for hydroxylation is 1. The zero-order chi connectivity index (χ0) is 9.26. The molecule has 2 heterocycles. The normalized spacial score (nSPS) is 28.2. The second-order valence-electron chi connectivity index (χ2n) is 3.32.